The third-order valence-corrected chi connectivity index (χ3v) is 2.41. The fourth-order valence-corrected chi connectivity index (χ4v) is 1.36. The van der Waals surface area contributed by atoms with E-state index in [0.29, 0.717) is 12.1 Å². The van der Waals surface area contributed by atoms with E-state index < -0.39 is 11.7 Å². The lowest BCUT2D eigenvalue weighted by Crippen LogP contribution is -2.09. The smallest absolute Gasteiger partial charge is 0.418 e. The Bertz CT molecular complexity index is 385. The molecular weight excluding hydrogens is 219 g/mol. The molecule has 0 atom stereocenters. The van der Waals surface area contributed by atoms with Gasteiger partial charge in [-0.3, -0.25) is 4.98 Å². The minimum Gasteiger partial charge on any atom is -0.489 e. The van der Waals surface area contributed by atoms with Gasteiger partial charge in [-0.15, -0.1) is 0 Å². The maximum Gasteiger partial charge on any atom is 0.418 e. The minimum absolute atomic E-state index is 0.0792. The van der Waals surface area contributed by atoms with Gasteiger partial charge in [0.2, 0.25) is 0 Å². The summed E-state index contributed by atoms with van der Waals surface area (Å²) in [7, 11) is 0. The Morgan fingerprint density at radius 3 is 2.62 bits per heavy atom. The number of pyridine rings is 1. The van der Waals surface area contributed by atoms with Gasteiger partial charge in [0.1, 0.15) is 5.75 Å². The Labute approximate surface area is 91.4 Å². The van der Waals surface area contributed by atoms with Gasteiger partial charge >= 0.3 is 6.18 Å². The van der Waals surface area contributed by atoms with Crippen molar-refractivity contribution in [1.29, 1.82) is 0 Å². The summed E-state index contributed by atoms with van der Waals surface area (Å²) in [6.45, 7) is 1.84. The summed E-state index contributed by atoms with van der Waals surface area (Å²) in [5, 5.41) is 0. The molecule has 0 amide bonds. The number of rotatable bonds is 3. The molecule has 1 saturated carbocycles. The van der Waals surface area contributed by atoms with Crippen LogP contribution in [-0.4, -0.2) is 11.1 Å². The highest BCUT2D eigenvalue weighted by Gasteiger charge is 2.33. The average Bonchev–Trinajstić information content (AvgIpc) is 3.00. The zero-order valence-corrected chi connectivity index (χ0v) is 8.84. The van der Waals surface area contributed by atoms with Gasteiger partial charge in [-0.25, -0.2) is 0 Å². The van der Waals surface area contributed by atoms with Gasteiger partial charge in [-0.05, 0) is 25.3 Å². The molecule has 0 radical (unpaired) electrons. The maximum atomic E-state index is 12.5. The summed E-state index contributed by atoms with van der Waals surface area (Å²) in [5.41, 5.74) is -0.166. The molecule has 0 unspecified atom stereocenters. The van der Waals surface area contributed by atoms with Gasteiger partial charge in [0.05, 0.1) is 17.4 Å². The third kappa shape index (κ3) is 2.46. The second kappa shape index (κ2) is 3.96. The zero-order valence-electron chi connectivity index (χ0n) is 8.84. The first kappa shape index (κ1) is 11.2. The van der Waals surface area contributed by atoms with E-state index in [0.717, 1.165) is 25.1 Å². The van der Waals surface area contributed by atoms with Gasteiger partial charge in [0.25, 0.3) is 0 Å². The molecule has 0 saturated heterocycles. The quantitative estimate of drug-likeness (QED) is 0.796. The van der Waals surface area contributed by atoms with Crippen LogP contribution >= 0.6 is 0 Å². The number of nitrogens with zero attached hydrogens (tertiary/aromatic N) is 1. The van der Waals surface area contributed by atoms with Crippen molar-refractivity contribution < 1.29 is 17.9 Å². The van der Waals surface area contributed by atoms with E-state index in [-0.39, 0.29) is 11.9 Å². The first-order valence-corrected chi connectivity index (χ1v) is 5.23. The Morgan fingerprint density at radius 1 is 1.44 bits per heavy atom. The van der Waals surface area contributed by atoms with Crippen LogP contribution in [-0.2, 0) is 12.6 Å². The molecule has 2 rings (SSSR count). The Balaban J connectivity index is 2.29. The van der Waals surface area contributed by atoms with E-state index >= 15 is 0 Å². The molecule has 0 spiro atoms. The van der Waals surface area contributed by atoms with Gasteiger partial charge in [0, 0.05) is 6.20 Å². The van der Waals surface area contributed by atoms with E-state index in [2.05, 4.69) is 4.98 Å². The van der Waals surface area contributed by atoms with Gasteiger partial charge in [-0.2, -0.15) is 13.2 Å². The second-order valence-corrected chi connectivity index (χ2v) is 3.84. The highest BCUT2D eigenvalue weighted by Crippen LogP contribution is 2.34. The van der Waals surface area contributed by atoms with Crippen LogP contribution in [0.3, 0.4) is 0 Å². The van der Waals surface area contributed by atoms with Crippen LogP contribution in [0.5, 0.6) is 5.75 Å². The molecule has 0 aliphatic heterocycles. The van der Waals surface area contributed by atoms with E-state index in [1.54, 1.807) is 0 Å². The van der Waals surface area contributed by atoms with Crippen molar-refractivity contribution >= 4 is 0 Å². The Morgan fingerprint density at radius 2 is 2.12 bits per heavy atom. The fraction of sp³-hybridized carbons (Fsp3) is 0.545. The molecule has 88 valence electrons. The Kier molecular flexibility index (Phi) is 2.78. The molecule has 2 nitrogen and oxygen atoms in total. The summed E-state index contributed by atoms with van der Waals surface area (Å²) >= 11 is 0. The molecule has 1 aromatic rings. The molecular formula is C11H12F3NO. The van der Waals surface area contributed by atoms with Gasteiger partial charge in [-0.1, -0.05) is 6.92 Å². The van der Waals surface area contributed by atoms with Crippen LogP contribution in [0.2, 0.25) is 0 Å². The second-order valence-electron chi connectivity index (χ2n) is 3.84. The first-order valence-electron chi connectivity index (χ1n) is 5.23. The summed E-state index contributed by atoms with van der Waals surface area (Å²) < 4.78 is 42.8. The molecule has 1 aromatic heterocycles. The first-order chi connectivity index (χ1) is 7.50. The third-order valence-electron chi connectivity index (χ3n) is 2.41. The maximum absolute atomic E-state index is 12.5. The summed E-state index contributed by atoms with van der Waals surface area (Å²) in [4.78, 5) is 3.80. The van der Waals surface area contributed by atoms with Crippen LogP contribution in [0, 0.1) is 0 Å². The van der Waals surface area contributed by atoms with Crippen molar-refractivity contribution in [2.75, 3.05) is 0 Å². The van der Waals surface area contributed by atoms with Crippen LogP contribution in [0.25, 0.3) is 0 Å². The number of alkyl halides is 3. The van der Waals surface area contributed by atoms with Crippen LogP contribution in [0.15, 0.2) is 12.3 Å². The average molecular weight is 231 g/mol. The predicted octanol–water partition coefficient (Wildman–Crippen LogP) is 3.20. The summed E-state index contributed by atoms with van der Waals surface area (Å²) in [6.07, 6.45) is -1.02. The minimum atomic E-state index is -4.36. The number of hydrogen-bond donors (Lipinski definition) is 0. The normalized spacial score (nSPS) is 16.2. The van der Waals surface area contributed by atoms with Crippen LogP contribution < -0.4 is 4.74 Å². The molecule has 1 fully saturated rings. The van der Waals surface area contributed by atoms with Crippen molar-refractivity contribution in [1.82, 2.24) is 4.98 Å². The van der Waals surface area contributed by atoms with Crippen molar-refractivity contribution in [3.63, 3.8) is 0 Å². The predicted molar refractivity (Wildman–Crippen MR) is 52.3 cm³/mol. The monoisotopic (exact) mass is 231 g/mol. The molecule has 5 heteroatoms. The van der Waals surface area contributed by atoms with Gasteiger partial charge in [0.15, 0.2) is 0 Å². The Hall–Kier alpha value is -1.26. The van der Waals surface area contributed by atoms with Crippen molar-refractivity contribution in [2.24, 2.45) is 0 Å². The molecule has 0 bridgehead atoms. The molecule has 0 aromatic carbocycles. The van der Waals surface area contributed by atoms with Crippen molar-refractivity contribution in [2.45, 2.75) is 38.5 Å². The SMILES string of the molecule is CCc1ncc(C(F)(F)F)cc1OC1CC1. The molecule has 0 N–H and O–H groups in total. The lowest BCUT2D eigenvalue weighted by atomic mass is 10.2. The molecule has 1 heterocycles. The molecule has 1 aliphatic rings. The standard InChI is InChI=1S/C11H12F3NO/c1-2-9-10(16-8-3-4-8)5-7(6-15-9)11(12,13)14/h5-6,8H,2-4H2,1H3. The number of ether oxygens (including phenoxy) is 1. The van der Waals surface area contributed by atoms with Crippen LogP contribution in [0.1, 0.15) is 31.0 Å². The molecule has 16 heavy (non-hydrogen) atoms. The zero-order chi connectivity index (χ0) is 11.8. The van der Waals surface area contributed by atoms with Crippen molar-refractivity contribution in [3.8, 4) is 5.75 Å². The summed E-state index contributed by atoms with van der Waals surface area (Å²) in [6, 6.07) is 1.05. The highest BCUT2D eigenvalue weighted by atomic mass is 19.4. The van der Waals surface area contributed by atoms with E-state index in [1.807, 2.05) is 6.92 Å². The topological polar surface area (TPSA) is 22.1 Å². The van der Waals surface area contributed by atoms with E-state index in [4.69, 9.17) is 4.74 Å². The fourth-order valence-electron chi connectivity index (χ4n) is 1.36. The molecule has 1 aliphatic carbocycles. The number of aromatic nitrogens is 1. The lowest BCUT2D eigenvalue weighted by Gasteiger charge is -2.12. The largest absolute Gasteiger partial charge is 0.489 e. The number of hydrogen-bond acceptors (Lipinski definition) is 2. The highest BCUT2D eigenvalue weighted by molar-refractivity contribution is 5.33. The van der Waals surface area contributed by atoms with E-state index in [1.165, 1.54) is 0 Å². The number of aryl methyl sites for hydroxylation is 1. The van der Waals surface area contributed by atoms with Crippen LogP contribution in [0.4, 0.5) is 13.2 Å². The number of halogens is 3. The summed E-state index contributed by atoms with van der Waals surface area (Å²) in [5.74, 6) is 0.278. The van der Waals surface area contributed by atoms with Gasteiger partial charge < -0.3 is 4.74 Å². The van der Waals surface area contributed by atoms with Crippen molar-refractivity contribution in [3.05, 3.63) is 23.5 Å². The van der Waals surface area contributed by atoms with E-state index in [9.17, 15) is 13.2 Å². The lowest BCUT2D eigenvalue weighted by molar-refractivity contribution is -0.138.